The zero-order valence-electron chi connectivity index (χ0n) is 13.9. The van der Waals surface area contributed by atoms with Crippen LogP contribution in [0.5, 0.6) is 0 Å². The third-order valence-corrected chi connectivity index (χ3v) is 4.36. The Labute approximate surface area is 141 Å². The summed E-state index contributed by atoms with van der Waals surface area (Å²) in [5.41, 5.74) is 7.22. The summed E-state index contributed by atoms with van der Waals surface area (Å²) in [4.78, 5) is 18.9. The van der Waals surface area contributed by atoms with E-state index in [1.165, 1.54) is 0 Å². The van der Waals surface area contributed by atoms with E-state index < -0.39 is 0 Å². The maximum Gasteiger partial charge on any atom is 0.251 e. The smallest absolute Gasteiger partial charge is 0.251 e. The Hall–Kier alpha value is -2.25. The lowest BCUT2D eigenvalue weighted by atomic mass is 10.0. The fraction of sp³-hybridized carbons (Fsp3) is 0.471. The third-order valence-electron chi connectivity index (χ3n) is 4.36. The summed E-state index contributed by atoms with van der Waals surface area (Å²) in [5.74, 6) is 1.14. The van der Waals surface area contributed by atoms with Crippen LogP contribution in [0.4, 0.5) is 0 Å². The lowest BCUT2D eigenvalue weighted by Gasteiger charge is -2.31. The van der Waals surface area contributed by atoms with Crippen LogP contribution in [-0.2, 0) is 13.1 Å². The van der Waals surface area contributed by atoms with E-state index in [0.29, 0.717) is 18.3 Å². The van der Waals surface area contributed by atoms with Gasteiger partial charge in [-0.25, -0.2) is 0 Å². The van der Waals surface area contributed by atoms with Crippen molar-refractivity contribution in [3.05, 3.63) is 47.1 Å². The number of hydrogen-bond acceptors (Lipinski definition) is 6. The molecule has 0 unspecified atom stereocenters. The van der Waals surface area contributed by atoms with Crippen LogP contribution in [0.2, 0.25) is 0 Å². The highest BCUT2D eigenvalue weighted by atomic mass is 16.5. The number of aromatic nitrogens is 2. The van der Waals surface area contributed by atoms with Gasteiger partial charge in [0.15, 0.2) is 5.82 Å². The monoisotopic (exact) mass is 329 g/mol. The van der Waals surface area contributed by atoms with E-state index in [9.17, 15) is 4.79 Å². The number of piperidine rings is 1. The van der Waals surface area contributed by atoms with Gasteiger partial charge in [-0.1, -0.05) is 23.4 Å². The average molecular weight is 329 g/mol. The van der Waals surface area contributed by atoms with Crippen molar-refractivity contribution in [2.75, 3.05) is 13.1 Å². The van der Waals surface area contributed by atoms with Crippen LogP contribution in [0.1, 0.15) is 40.5 Å². The minimum Gasteiger partial charge on any atom is -0.349 e. The number of nitrogens with two attached hydrogens (primary N) is 1. The number of hydrogen-bond donors (Lipinski definition) is 2. The summed E-state index contributed by atoms with van der Waals surface area (Å²) < 4.78 is 5.02. The van der Waals surface area contributed by atoms with E-state index in [0.717, 1.165) is 37.1 Å². The Bertz CT molecular complexity index is 692. The molecule has 1 saturated heterocycles. The standard InChI is InChI=1S/C17H23N5O2/c1-12-4-2-3-5-14(12)17(23)19-13-6-8-22(9-7-13)11-15-20-16(10-18)24-21-15/h2-5,13H,6-11,18H2,1H3,(H,19,23). The molecule has 1 aromatic carbocycles. The molecule has 1 fully saturated rings. The first kappa shape index (κ1) is 16.6. The molecule has 1 amide bonds. The fourth-order valence-corrected chi connectivity index (χ4v) is 2.96. The van der Waals surface area contributed by atoms with Gasteiger partial charge in [0.2, 0.25) is 5.89 Å². The van der Waals surface area contributed by atoms with E-state index in [1.54, 1.807) is 0 Å². The first-order valence-electron chi connectivity index (χ1n) is 8.26. The number of likely N-dealkylation sites (tertiary alicyclic amines) is 1. The predicted octanol–water partition coefficient (Wildman–Crippen LogP) is 1.23. The number of nitrogens with one attached hydrogen (secondary N) is 1. The maximum atomic E-state index is 12.4. The summed E-state index contributed by atoms with van der Waals surface area (Å²) in [7, 11) is 0. The first-order chi connectivity index (χ1) is 11.7. The Morgan fingerprint density at radius 3 is 2.79 bits per heavy atom. The lowest BCUT2D eigenvalue weighted by Crippen LogP contribution is -2.44. The van der Waals surface area contributed by atoms with Gasteiger partial charge in [0.25, 0.3) is 5.91 Å². The van der Waals surface area contributed by atoms with Gasteiger partial charge in [-0.15, -0.1) is 0 Å². The van der Waals surface area contributed by atoms with Crippen molar-refractivity contribution in [1.82, 2.24) is 20.4 Å². The Morgan fingerprint density at radius 2 is 2.12 bits per heavy atom. The summed E-state index contributed by atoms with van der Waals surface area (Å²) in [6.07, 6.45) is 1.83. The first-order valence-corrected chi connectivity index (χ1v) is 8.26. The molecule has 7 heteroatoms. The van der Waals surface area contributed by atoms with Gasteiger partial charge in [0.1, 0.15) is 0 Å². The van der Waals surface area contributed by atoms with Gasteiger partial charge in [-0.05, 0) is 31.4 Å². The Balaban J connectivity index is 1.48. The van der Waals surface area contributed by atoms with Crippen LogP contribution in [0.3, 0.4) is 0 Å². The number of nitrogens with zero attached hydrogens (tertiary/aromatic N) is 3. The van der Waals surface area contributed by atoms with Crippen molar-refractivity contribution in [3.63, 3.8) is 0 Å². The van der Waals surface area contributed by atoms with Crippen molar-refractivity contribution in [2.45, 2.75) is 38.9 Å². The molecule has 2 aromatic rings. The second-order valence-electron chi connectivity index (χ2n) is 6.15. The third kappa shape index (κ3) is 3.98. The van der Waals surface area contributed by atoms with Gasteiger partial charge in [0.05, 0.1) is 13.1 Å². The van der Waals surface area contributed by atoms with E-state index in [-0.39, 0.29) is 18.5 Å². The quantitative estimate of drug-likeness (QED) is 0.856. The predicted molar refractivity (Wildman–Crippen MR) is 89.1 cm³/mol. The van der Waals surface area contributed by atoms with Crippen LogP contribution < -0.4 is 11.1 Å². The number of benzene rings is 1. The molecule has 0 radical (unpaired) electrons. The second-order valence-corrected chi connectivity index (χ2v) is 6.15. The Morgan fingerprint density at radius 1 is 1.38 bits per heavy atom. The van der Waals surface area contributed by atoms with Crippen molar-refractivity contribution >= 4 is 5.91 Å². The van der Waals surface area contributed by atoms with Gasteiger partial charge >= 0.3 is 0 Å². The topological polar surface area (TPSA) is 97.3 Å². The molecule has 24 heavy (non-hydrogen) atoms. The fourth-order valence-electron chi connectivity index (χ4n) is 2.96. The van der Waals surface area contributed by atoms with Crippen LogP contribution >= 0.6 is 0 Å². The van der Waals surface area contributed by atoms with Gasteiger partial charge in [0, 0.05) is 24.7 Å². The normalized spacial score (nSPS) is 16.2. The molecule has 7 nitrogen and oxygen atoms in total. The molecule has 0 saturated carbocycles. The minimum absolute atomic E-state index is 0.0114. The zero-order valence-corrected chi connectivity index (χ0v) is 13.9. The number of amides is 1. The number of carbonyl (C=O) groups is 1. The maximum absolute atomic E-state index is 12.4. The summed E-state index contributed by atoms with van der Waals surface area (Å²) in [6, 6.07) is 7.87. The lowest BCUT2D eigenvalue weighted by molar-refractivity contribution is 0.0907. The molecular weight excluding hydrogens is 306 g/mol. The average Bonchev–Trinajstić information content (AvgIpc) is 3.04. The van der Waals surface area contributed by atoms with E-state index in [1.807, 2.05) is 31.2 Å². The molecule has 1 aliphatic rings. The highest BCUT2D eigenvalue weighted by Crippen LogP contribution is 2.14. The molecule has 2 heterocycles. The molecule has 1 aliphatic heterocycles. The highest BCUT2D eigenvalue weighted by molar-refractivity contribution is 5.95. The van der Waals surface area contributed by atoms with Gasteiger partial charge < -0.3 is 15.6 Å². The van der Waals surface area contributed by atoms with Crippen molar-refractivity contribution < 1.29 is 9.32 Å². The number of aryl methyl sites for hydroxylation is 1. The molecule has 3 N–H and O–H groups in total. The molecule has 128 valence electrons. The van der Waals surface area contributed by atoms with Gasteiger partial charge in [-0.3, -0.25) is 9.69 Å². The molecule has 0 aliphatic carbocycles. The largest absolute Gasteiger partial charge is 0.349 e. The molecule has 3 rings (SSSR count). The van der Waals surface area contributed by atoms with E-state index >= 15 is 0 Å². The second kappa shape index (κ2) is 7.55. The zero-order chi connectivity index (χ0) is 16.9. The van der Waals surface area contributed by atoms with Crippen LogP contribution in [0.15, 0.2) is 28.8 Å². The molecular formula is C17H23N5O2. The summed E-state index contributed by atoms with van der Waals surface area (Å²) in [6.45, 7) is 4.66. The van der Waals surface area contributed by atoms with Crippen molar-refractivity contribution in [3.8, 4) is 0 Å². The molecule has 0 spiro atoms. The van der Waals surface area contributed by atoms with Crippen molar-refractivity contribution in [1.29, 1.82) is 0 Å². The van der Waals surface area contributed by atoms with Crippen LogP contribution in [0.25, 0.3) is 0 Å². The van der Waals surface area contributed by atoms with Crippen LogP contribution in [-0.4, -0.2) is 40.1 Å². The van der Waals surface area contributed by atoms with E-state index in [2.05, 4.69) is 20.4 Å². The SMILES string of the molecule is Cc1ccccc1C(=O)NC1CCN(Cc2noc(CN)n2)CC1. The van der Waals surface area contributed by atoms with Gasteiger partial charge in [-0.2, -0.15) is 4.98 Å². The minimum atomic E-state index is 0.0114. The molecule has 0 atom stereocenters. The molecule has 1 aromatic heterocycles. The number of carbonyl (C=O) groups excluding carboxylic acids is 1. The number of rotatable bonds is 5. The molecule has 0 bridgehead atoms. The van der Waals surface area contributed by atoms with Crippen molar-refractivity contribution in [2.24, 2.45) is 5.73 Å². The summed E-state index contributed by atoms with van der Waals surface area (Å²) in [5, 5.41) is 7.06. The highest BCUT2D eigenvalue weighted by Gasteiger charge is 2.22. The Kier molecular flexibility index (Phi) is 5.22. The summed E-state index contributed by atoms with van der Waals surface area (Å²) >= 11 is 0. The van der Waals surface area contributed by atoms with E-state index in [4.69, 9.17) is 10.3 Å². The van der Waals surface area contributed by atoms with Crippen LogP contribution in [0, 0.1) is 6.92 Å².